The second-order valence-corrected chi connectivity index (χ2v) is 7.53. The van der Waals surface area contributed by atoms with Gasteiger partial charge in [-0.2, -0.15) is 0 Å². The second-order valence-electron chi connectivity index (χ2n) is 5.72. The van der Waals surface area contributed by atoms with Gasteiger partial charge in [0.25, 0.3) is 0 Å². The van der Waals surface area contributed by atoms with Crippen molar-refractivity contribution in [3.05, 3.63) is 45.2 Å². The number of amides is 1. The fourth-order valence-corrected chi connectivity index (χ4v) is 4.01. The summed E-state index contributed by atoms with van der Waals surface area (Å²) in [5.74, 6) is 0.0971. The van der Waals surface area contributed by atoms with Crippen LogP contribution in [-0.4, -0.2) is 21.6 Å². The van der Waals surface area contributed by atoms with Crippen molar-refractivity contribution in [2.45, 2.75) is 37.8 Å². The van der Waals surface area contributed by atoms with E-state index >= 15 is 0 Å². The van der Waals surface area contributed by atoms with E-state index in [9.17, 15) is 4.79 Å². The summed E-state index contributed by atoms with van der Waals surface area (Å²) in [6.45, 7) is 2.02. The lowest BCUT2D eigenvalue weighted by Gasteiger charge is -2.17. The minimum absolute atomic E-state index is 0.141. The average Bonchev–Trinajstić information content (AvgIpc) is 2.52. The summed E-state index contributed by atoms with van der Waals surface area (Å²) in [5.41, 5.74) is 4.03. The maximum atomic E-state index is 12.1. The van der Waals surface area contributed by atoms with E-state index in [2.05, 4.69) is 15.3 Å². The molecule has 0 saturated heterocycles. The van der Waals surface area contributed by atoms with Crippen molar-refractivity contribution < 1.29 is 4.79 Å². The highest BCUT2D eigenvalue weighted by Gasteiger charge is 2.16. The smallest absolute Gasteiger partial charge is 0.234 e. The number of carbonyl (C=O) groups excluding carboxylic acids is 1. The molecule has 2 aromatic rings. The quantitative estimate of drug-likeness (QED) is 0.615. The van der Waals surface area contributed by atoms with Crippen molar-refractivity contribution in [1.82, 2.24) is 9.97 Å². The van der Waals surface area contributed by atoms with E-state index < -0.39 is 0 Å². The molecule has 1 N–H and O–H groups in total. The monoisotopic (exact) mass is 381 g/mol. The van der Waals surface area contributed by atoms with Crippen LogP contribution in [0.25, 0.3) is 0 Å². The molecule has 0 unspecified atom stereocenters. The largest absolute Gasteiger partial charge is 0.325 e. The zero-order valence-corrected chi connectivity index (χ0v) is 15.6. The van der Waals surface area contributed by atoms with Gasteiger partial charge in [-0.25, -0.2) is 9.97 Å². The summed E-state index contributed by atoms with van der Waals surface area (Å²) >= 11 is 13.2. The van der Waals surface area contributed by atoms with Crippen LogP contribution in [-0.2, 0) is 17.6 Å². The van der Waals surface area contributed by atoms with Crippen LogP contribution in [0, 0.1) is 6.92 Å². The maximum absolute atomic E-state index is 12.1. The Bertz CT molecular complexity index is 762. The van der Waals surface area contributed by atoms with E-state index in [1.807, 2.05) is 6.92 Å². The van der Waals surface area contributed by atoms with E-state index in [0.717, 1.165) is 24.2 Å². The molecule has 1 aromatic carbocycles. The van der Waals surface area contributed by atoms with Crippen LogP contribution in [0.15, 0.2) is 23.4 Å². The van der Waals surface area contributed by atoms with Gasteiger partial charge in [0.15, 0.2) is 5.16 Å². The lowest BCUT2D eigenvalue weighted by molar-refractivity contribution is -0.113. The van der Waals surface area contributed by atoms with Crippen LogP contribution in [0.3, 0.4) is 0 Å². The predicted octanol–water partition coefficient (Wildman–Crippen LogP) is 4.70. The van der Waals surface area contributed by atoms with Crippen LogP contribution in [0.4, 0.5) is 5.69 Å². The number of aromatic nitrogens is 2. The molecular weight excluding hydrogens is 365 g/mol. The van der Waals surface area contributed by atoms with Gasteiger partial charge < -0.3 is 5.32 Å². The summed E-state index contributed by atoms with van der Waals surface area (Å²) < 4.78 is 0. The number of nitrogens with zero attached hydrogens (tertiary/aromatic N) is 2. The number of halogens is 2. The number of fused-ring (bicyclic) bond motifs is 1. The summed E-state index contributed by atoms with van der Waals surface area (Å²) in [6.07, 6.45) is 4.43. The number of thioether (sulfide) groups is 1. The standard InChI is InChI=1S/C17H17Cl2N3OS/c1-10-14-4-2-3-5-15(14)22-17(20-10)24-9-16(23)21-13-7-11(18)6-12(19)8-13/h6-8H,2-5,9H2,1H3,(H,21,23). The van der Waals surface area contributed by atoms with Crippen LogP contribution in [0.5, 0.6) is 0 Å². The van der Waals surface area contributed by atoms with Gasteiger partial charge >= 0.3 is 0 Å². The Morgan fingerprint density at radius 2 is 1.88 bits per heavy atom. The van der Waals surface area contributed by atoms with Gasteiger partial charge in [0.1, 0.15) is 0 Å². The van der Waals surface area contributed by atoms with Gasteiger partial charge in [-0.15, -0.1) is 0 Å². The van der Waals surface area contributed by atoms with E-state index in [4.69, 9.17) is 23.2 Å². The van der Waals surface area contributed by atoms with Crippen molar-refractivity contribution in [1.29, 1.82) is 0 Å². The fourth-order valence-electron chi connectivity index (χ4n) is 2.77. The lowest BCUT2D eigenvalue weighted by atomic mass is 9.95. The molecule has 24 heavy (non-hydrogen) atoms. The number of rotatable bonds is 4. The van der Waals surface area contributed by atoms with E-state index in [1.165, 1.54) is 30.2 Å². The van der Waals surface area contributed by atoms with Crippen molar-refractivity contribution in [2.24, 2.45) is 0 Å². The number of hydrogen-bond donors (Lipinski definition) is 1. The molecular formula is C17H17Cl2N3OS. The van der Waals surface area contributed by atoms with Gasteiger partial charge in [-0.1, -0.05) is 35.0 Å². The SMILES string of the molecule is Cc1nc(SCC(=O)Nc2cc(Cl)cc(Cl)c2)nc2c1CCCC2. The third-order valence-electron chi connectivity index (χ3n) is 3.85. The number of benzene rings is 1. The predicted molar refractivity (Wildman–Crippen MR) is 99.2 cm³/mol. The Balaban J connectivity index is 1.63. The first-order valence-corrected chi connectivity index (χ1v) is 9.50. The fraction of sp³-hybridized carbons (Fsp3) is 0.353. The van der Waals surface area contributed by atoms with Crippen LogP contribution in [0.2, 0.25) is 10.0 Å². The summed E-state index contributed by atoms with van der Waals surface area (Å²) in [6, 6.07) is 4.95. The molecule has 1 amide bonds. The van der Waals surface area contributed by atoms with Gasteiger partial charge in [-0.3, -0.25) is 4.79 Å². The minimum atomic E-state index is -0.141. The molecule has 0 fully saturated rings. The van der Waals surface area contributed by atoms with Gasteiger partial charge in [-0.05, 0) is 56.4 Å². The Morgan fingerprint density at radius 1 is 1.17 bits per heavy atom. The highest BCUT2D eigenvalue weighted by atomic mass is 35.5. The van der Waals surface area contributed by atoms with Crippen LogP contribution in [0.1, 0.15) is 29.8 Å². The van der Waals surface area contributed by atoms with Crippen molar-refractivity contribution in [3.8, 4) is 0 Å². The highest BCUT2D eigenvalue weighted by Crippen LogP contribution is 2.25. The summed E-state index contributed by atoms with van der Waals surface area (Å²) in [4.78, 5) is 21.2. The average molecular weight is 382 g/mol. The Kier molecular flexibility index (Phi) is 5.64. The first kappa shape index (κ1) is 17.5. The molecule has 1 aliphatic carbocycles. The van der Waals surface area contributed by atoms with Crippen LogP contribution < -0.4 is 5.32 Å². The molecule has 1 heterocycles. The molecule has 3 rings (SSSR count). The zero-order chi connectivity index (χ0) is 17.1. The molecule has 0 aliphatic heterocycles. The second kappa shape index (κ2) is 7.72. The number of nitrogens with one attached hydrogen (secondary N) is 1. The molecule has 4 nitrogen and oxygen atoms in total. The normalized spacial score (nSPS) is 13.5. The minimum Gasteiger partial charge on any atom is -0.325 e. The summed E-state index contributed by atoms with van der Waals surface area (Å²) in [7, 11) is 0. The zero-order valence-electron chi connectivity index (χ0n) is 13.2. The van der Waals surface area contributed by atoms with Crippen molar-refractivity contribution in [3.63, 3.8) is 0 Å². The van der Waals surface area contributed by atoms with Crippen molar-refractivity contribution >= 4 is 46.6 Å². The summed E-state index contributed by atoms with van der Waals surface area (Å²) in [5, 5.41) is 4.42. The first-order valence-electron chi connectivity index (χ1n) is 7.76. The van der Waals surface area contributed by atoms with Gasteiger partial charge in [0.05, 0.1) is 5.75 Å². The molecule has 0 atom stereocenters. The molecule has 1 aliphatic rings. The molecule has 1 aromatic heterocycles. The first-order chi connectivity index (χ1) is 11.5. The number of anilines is 1. The Labute approximate surface area is 155 Å². The lowest BCUT2D eigenvalue weighted by Crippen LogP contribution is -2.15. The molecule has 0 bridgehead atoms. The number of hydrogen-bond acceptors (Lipinski definition) is 4. The van der Waals surface area contributed by atoms with Crippen LogP contribution >= 0.6 is 35.0 Å². The molecule has 0 radical (unpaired) electrons. The molecule has 126 valence electrons. The Morgan fingerprint density at radius 3 is 2.62 bits per heavy atom. The van der Waals surface area contributed by atoms with Crippen molar-refractivity contribution in [2.75, 3.05) is 11.1 Å². The molecule has 0 spiro atoms. The van der Waals surface area contributed by atoms with E-state index in [1.54, 1.807) is 18.2 Å². The third kappa shape index (κ3) is 4.41. The van der Waals surface area contributed by atoms with Gasteiger partial charge in [0, 0.05) is 27.1 Å². The number of aryl methyl sites for hydroxylation is 2. The highest BCUT2D eigenvalue weighted by molar-refractivity contribution is 7.99. The Hall–Kier alpha value is -1.30. The number of carbonyl (C=O) groups is 1. The third-order valence-corrected chi connectivity index (χ3v) is 5.13. The van der Waals surface area contributed by atoms with Gasteiger partial charge in [0.2, 0.25) is 5.91 Å². The molecule has 7 heteroatoms. The topological polar surface area (TPSA) is 54.9 Å². The molecule has 0 saturated carbocycles. The van der Waals surface area contributed by atoms with E-state index in [-0.39, 0.29) is 11.7 Å². The maximum Gasteiger partial charge on any atom is 0.234 e. The van der Waals surface area contributed by atoms with E-state index in [0.29, 0.717) is 20.9 Å².